The standard InChI is InChI=1S/C10H12BrNO3/c1-13-9-6(5-12)10-8(4-7(9)11)14-2-3-15-10/h4H,2-3,5,12H2,1H3. The van der Waals surface area contributed by atoms with Gasteiger partial charge in [0.25, 0.3) is 0 Å². The lowest BCUT2D eigenvalue weighted by Crippen LogP contribution is -2.18. The minimum absolute atomic E-state index is 0.355. The van der Waals surface area contributed by atoms with E-state index in [-0.39, 0.29) is 0 Å². The summed E-state index contributed by atoms with van der Waals surface area (Å²) in [6.07, 6.45) is 0. The summed E-state index contributed by atoms with van der Waals surface area (Å²) in [5.74, 6) is 2.12. The number of rotatable bonds is 2. The Morgan fingerprint density at radius 1 is 1.47 bits per heavy atom. The van der Waals surface area contributed by atoms with E-state index in [4.69, 9.17) is 19.9 Å². The Balaban J connectivity index is 2.59. The Kier molecular flexibility index (Phi) is 3.02. The zero-order valence-corrected chi connectivity index (χ0v) is 9.96. The van der Waals surface area contributed by atoms with Crippen LogP contribution in [0.2, 0.25) is 0 Å². The van der Waals surface area contributed by atoms with E-state index in [0.29, 0.717) is 31.3 Å². The zero-order valence-electron chi connectivity index (χ0n) is 8.38. The Bertz CT molecular complexity index is 381. The van der Waals surface area contributed by atoms with Crippen molar-refractivity contribution in [2.45, 2.75) is 6.54 Å². The fraction of sp³-hybridized carbons (Fsp3) is 0.400. The Morgan fingerprint density at radius 2 is 2.20 bits per heavy atom. The van der Waals surface area contributed by atoms with Gasteiger partial charge >= 0.3 is 0 Å². The van der Waals surface area contributed by atoms with Gasteiger partial charge in [-0.2, -0.15) is 0 Å². The molecule has 4 nitrogen and oxygen atoms in total. The number of methoxy groups -OCH3 is 1. The lowest BCUT2D eigenvalue weighted by atomic mass is 10.1. The first kappa shape index (κ1) is 10.6. The van der Waals surface area contributed by atoms with Gasteiger partial charge in [0.15, 0.2) is 11.5 Å². The van der Waals surface area contributed by atoms with E-state index in [1.54, 1.807) is 7.11 Å². The normalized spacial score (nSPS) is 13.8. The van der Waals surface area contributed by atoms with Crippen molar-refractivity contribution in [1.29, 1.82) is 0 Å². The van der Waals surface area contributed by atoms with Crippen molar-refractivity contribution in [3.8, 4) is 17.2 Å². The highest BCUT2D eigenvalue weighted by molar-refractivity contribution is 9.10. The molecule has 0 atom stereocenters. The van der Waals surface area contributed by atoms with Gasteiger partial charge in [-0.1, -0.05) is 0 Å². The first-order valence-corrected chi connectivity index (χ1v) is 5.42. The fourth-order valence-electron chi connectivity index (χ4n) is 1.61. The first-order valence-electron chi connectivity index (χ1n) is 4.63. The SMILES string of the molecule is COc1c(Br)cc2c(c1CN)OCCO2. The molecule has 0 unspecified atom stereocenters. The summed E-state index contributed by atoms with van der Waals surface area (Å²) in [6.45, 7) is 1.47. The molecule has 0 fully saturated rings. The fourth-order valence-corrected chi connectivity index (χ4v) is 2.22. The van der Waals surface area contributed by atoms with Gasteiger partial charge in [-0.05, 0) is 15.9 Å². The van der Waals surface area contributed by atoms with Gasteiger partial charge in [-0.3, -0.25) is 0 Å². The van der Waals surface area contributed by atoms with Gasteiger partial charge in [-0.25, -0.2) is 0 Å². The van der Waals surface area contributed by atoms with Crippen molar-refractivity contribution in [1.82, 2.24) is 0 Å². The molecule has 1 aliphatic heterocycles. The molecule has 1 heterocycles. The first-order chi connectivity index (χ1) is 7.27. The molecule has 1 aromatic carbocycles. The van der Waals surface area contributed by atoms with Crippen LogP contribution in [0, 0.1) is 0 Å². The summed E-state index contributed by atoms with van der Waals surface area (Å²) in [7, 11) is 1.61. The Hall–Kier alpha value is -0.940. The zero-order chi connectivity index (χ0) is 10.8. The van der Waals surface area contributed by atoms with Gasteiger partial charge in [-0.15, -0.1) is 0 Å². The molecule has 1 aromatic rings. The molecule has 0 aliphatic carbocycles. The lowest BCUT2D eigenvalue weighted by molar-refractivity contribution is 0.168. The van der Waals surface area contributed by atoms with Gasteiger partial charge in [0.05, 0.1) is 17.1 Å². The van der Waals surface area contributed by atoms with E-state index in [1.165, 1.54) is 0 Å². The van der Waals surface area contributed by atoms with Crippen molar-refractivity contribution in [3.05, 3.63) is 16.1 Å². The molecule has 0 aromatic heterocycles. The summed E-state index contributed by atoms with van der Waals surface area (Å²) in [5.41, 5.74) is 6.52. The van der Waals surface area contributed by atoms with E-state index in [1.807, 2.05) is 6.07 Å². The second-order valence-corrected chi connectivity index (χ2v) is 3.95. The summed E-state index contributed by atoms with van der Waals surface area (Å²) >= 11 is 3.41. The molecule has 82 valence electrons. The molecule has 0 radical (unpaired) electrons. The maximum absolute atomic E-state index is 5.68. The van der Waals surface area contributed by atoms with Crippen LogP contribution in [0.3, 0.4) is 0 Å². The van der Waals surface area contributed by atoms with Crippen molar-refractivity contribution in [2.75, 3.05) is 20.3 Å². The molecule has 0 amide bonds. The van der Waals surface area contributed by atoms with Crippen molar-refractivity contribution in [2.24, 2.45) is 5.73 Å². The highest BCUT2D eigenvalue weighted by Gasteiger charge is 2.21. The number of hydrogen-bond donors (Lipinski definition) is 1. The molecule has 15 heavy (non-hydrogen) atoms. The van der Waals surface area contributed by atoms with E-state index < -0.39 is 0 Å². The van der Waals surface area contributed by atoms with Crippen LogP contribution in [0.15, 0.2) is 10.5 Å². The second kappa shape index (κ2) is 4.28. The highest BCUT2D eigenvalue weighted by Crippen LogP contribution is 2.43. The van der Waals surface area contributed by atoms with Gasteiger partial charge in [0, 0.05) is 12.6 Å². The van der Waals surface area contributed by atoms with E-state index in [2.05, 4.69) is 15.9 Å². The number of ether oxygens (including phenoxy) is 3. The summed E-state index contributed by atoms with van der Waals surface area (Å²) in [4.78, 5) is 0. The number of halogens is 1. The minimum Gasteiger partial charge on any atom is -0.495 e. The quantitative estimate of drug-likeness (QED) is 0.891. The van der Waals surface area contributed by atoms with E-state index >= 15 is 0 Å². The lowest BCUT2D eigenvalue weighted by Gasteiger charge is -2.23. The molecule has 0 bridgehead atoms. The predicted octanol–water partition coefficient (Wildman–Crippen LogP) is 1.69. The molecular weight excluding hydrogens is 262 g/mol. The van der Waals surface area contributed by atoms with Crippen LogP contribution in [0.5, 0.6) is 17.2 Å². The third-order valence-electron chi connectivity index (χ3n) is 2.24. The van der Waals surface area contributed by atoms with Crippen LogP contribution in [0.4, 0.5) is 0 Å². The van der Waals surface area contributed by atoms with Crippen LogP contribution < -0.4 is 19.9 Å². The molecule has 2 rings (SSSR count). The average molecular weight is 274 g/mol. The Morgan fingerprint density at radius 3 is 2.87 bits per heavy atom. The topological polar surface area (TPSA) is 53.7 Å². The van der Waals surface area contributed by atoms with Crippen molar-refractivity contribution >= 4 is 15.9 Å². The number of benzene rings is 1. The van der Waals surface area contributed by atoms with Gasteiger partial charge in [0.1, 0.15) is 19.0 Å². The van der Waals surface area contributed by atoms with Crippen LogP contribution in [0.25, 0.3) is 0 Å². The van der Waals surface area contributed by atoms with Crippen LogP contribution in [0.1, 0.15) is 5.56 Å². The molecule has 0 saturated heterocycles. The van der Waals surface area contributed by atoms with Gasteiger partial charge in [0.2, 0.25) is 0 Å². The van der Waals surface area contributed by atoms with Gasteiger partial charge < -0.3 is 19.9 Å². The molecule has 0 spiro atoms. The summed E-state index contributed by atoms with van der Waals surface area (Å²) < 4.78 is 17.1. The number of hydrogen-bond acceptors (Lipinski definition) is 4. The Labute approximate surface area is 96.4 Å². The molecule has 5 heteroatoms. The molecule has 1 aliphatic rings. The smallest absolute Gasteiger partial charge is 0.169 e. The van der Waals surface area contributed by atoms with Crippen molar-refractivity contribution < 1.29 is 14.2 Å². The maximum Gasteiger partial charge on any atom is 0.169 e. The molecule has 0 saturated carbocycles. The number of nitrogens with two attached hydrogens (primary N) is 1. The largest absolute Gasteiger partial charge is 0.495 e. The van der Waals surface area contributed by atoms with Crippen LogP contribution in [-0.2, 0) is 6.54 Å². The average Bonchev–Trinajstić information content (AvgIpc) is 2.27. The summed E-state index contributed by atoms with van der Waals surface area (Å²) in [6, 6.07) is 1.84. The molecular formula is C10H12BrNO3. The predicted molar refractivity (Wildman–Crippen MR) is 59.6 cm³/mol. The van der Waals surface area contributed by atoms with E-state index in [9.17, 15) is 0 Å². The number of fused-ring (bicyclic) bond motifs is 1. The minimum atomic E-state index is 0.355. The monoisotopic (exact) mass is 273 g/mol. The third kappa shape index (κ3) is 1.77. The van der Waals surface area contributed by atoms with Crippen LogP contribution >= 0.6 is 15.9 Å². The summed E-state index contributed by atoms with van der Waals surface area (Å²) in [5, 5.41) is 0. The van der Waals surface area contributed by atoms with Crippen LogP contribution in [-0.4, -0.2) is 20.3 Å². The third-order valence-corrected chi connectivity index (χ3v) is 2.83. The maximum atomic E-state index is 5.68. The van der Waals surface area contributed by atoms with E-state index in [0.717, 1.165) is 15.8 Å². The molecule has 2 N–H and O–H groups in total. The highest BCUT2D eigenvalue weighted by atomic mass is 79.9. The van der Waals surface area contributed by atoms with Crippen molar-refractivity contribution in [3.63, 3.8) is 0 Å². The second-order valence-electron chi connectivity index (χ2n) is 3.10.